The molecule has 0 saturated carbocycles. The number of thiophene rings is 1. The van der Waals surface area contributed by atoms with Gasteiger partial charge in [0, 0.05) is 12.0 Å². The Bertz CT molecular complexity index is 1510. The maximum absolute atomic E-state index is 13.1. The Morgan fingerprint density at radius 1 is 1.32 bits per heavy atom. The number of carbonyl (C=O) groups is 1. The predicted octanol–water partition coefficient (Wildman–Crippen LogP) is 4.55. The largest absolute Gasteiger partial charge is 0.496 e. The first-order chi connectivity index (χ1) is 17.9. The fraction of sp³-hybridized carbons (Fsp3) is 0.385. The van der Waals surface area contributed by atoms with Crippen molar-refractivity contribution < 1.29 is 17.9 Å². The van der Waals surface area contributed by atoms with Gasteiger partial charge in [-0.2, -0.15) is 5.10 Å². The Hall–Kier alpha value is -2.86. The molecule has 0 fully saturated rings. The second-order valence-electron chi connectivity index (χ2n) is 9.99. The molecular formula is C26H32ClN5O4S2. The highest BCUT2D eigenvalue weighted by atomic mass is 35.5. The van der Waals surface area contributed by atoms with Crippen molar-refractivity contribution in [3.63, 3.8) is 0 Å². The van der Waals surface area contributed by atoms with Crippen molar-refractivity contribution in [2.45, 2.75) is 44.0 Å². The summed E-state index contributed by atoms with van der Waals surface area (Å²) in [5.74, 6) is 0.543. The number of fused-ring (bicyclic) bond motifs is 1. The smallest absolute Gasteiger partial charge is 0.272 e. The average Bonchev–Trinajstić information content (AvgIpc) is 3.45. The summed E-state index contributed by atoms with van der Waals surface area (Å²) < 4.78 is 36.6. The molecule has 2 heterocycles. The summed E-state index contributed by atoms with van der Waals surface area (Å²) in [5.41, 5.74) is 7.32. The zero-order valence-corrected chi connectivity index (χ0v) is 24.1. The molecule has 1 amide bonds. The molecule has 1 aliphatic rings. The number of aromatic nitrogens is 2. The number of rotatable bonds is 10. The zero-order chi connectivity index (χ0) is 27.7. The van der Waals surface area contributed by atoms with E-state index in [1.54, 1.807) is 16.8 Å². The minimum Gasteiger partial charge on any atom is -0.496 e. The number of amides is 1. The first-order valence-corrected chi connectivity index (χ1v) is 14.8. The highest BCUT2D eigenvalue weighted by molar-refractivity contribution is 7.94. The molecular weight excluding hydrogens is 546 g/mol. The number of halogens is 1. The second-order valence-corrected chi connectivity index (χ2v) is 13.6. The van der Waals surface area contributed by atoms with E-state index < -0.39 is 16.1 Å². The Balaban J connectivity index is 1.63. The maximum atomic E-state index is 13.1. The zero-order valence-electron chi connectivity index (χ0n) is 21.7. The number of nitrogens with one attached hydrogen (secondary N) is 2. The fourth-order valence-corrected chi connectivity index (χ4v) is 6.88. The maximum Gasteiger partial charge on any atom is 0.272 e. The Labute approximate surface area is 231 Å². The molecule has 2 atom stereocenters. The van der Waals surface area contributed by atoms with Gasteiger partial charge >= 0.3 is 0 Å². The molecule has 0 saturated heterocycles. The van der Waals surface area contributed by atoms with Gasteiger partial charge in [-0.05, 0) is 42.2 Å². The normalized spacial score (nSPS) is 18.4. The van der Waals surface area contributed by atoms with Crippen LogP contribution in [-0.2, 0) is 21.4 Å². The van der Waals surface area contributed by atoms with Crippen molar-refractivity contribution in [1.29, 1.82) is 0 Å². The summed E-state index contributed by atoms with van der Waals surface area (Å²) in [6.07, 6.45) is 6.94. The van der Waals surface area contributed by atoms with Gasteiger partial charge in [-0.3, -0.25) is 14.2 Å². The van der Waals surface area contributed by atoms with Gasteiger partial charge in [0.15, 0.2) is 5.82 Å². The minimum atomic E-state index is -3.90. The number of methoxy groups -OCH3 is 1. The topological polar surface area (TPSA) is 128 Å². The van der Waals surface area contributed by atoms with Crippen LogP contribution in [0.4, 0.5) is 5.82 Å². The lowest BCUT2D eigenvalue weighted by atomic mass is 9.81. The number of nitrogens with zero attached hydrogens (tertiary/aromatic N) is 2. The van der Waals surface area contributed by atoms with Crippen LogP contribution >= 0.6 is 22.9 Å². The van der Waals surface area contributed by atoms with Crippen LogP contribution in [0.1, 0.15) is 27.2 Å². The summed E-state index contributed by atoms with van der Waals surface area (Å²) in [6, 6.07) is 7.92. The SMILES string of the molecule is COc1cccc2c1c(NS(=O)(=O)c1ccc(Cl)s1)nn2CC1(C)C=C(CNC(=O)C(N)C(C)C)C=CC1. The Morgan fingerprint density at radius 2 is 2.08 bits per heavy atom. The van der Waals surface area contributed by atoms with Gasteiger partial charge in [0.05, 0.1) is 34.9 Å². The molecule has 9 nitrogen and oxygen atoms in total. The van der Waals surface area contributed by atoms with E-state index >= 15 is 0 Å². The monoisotopic (exact) mass is 577 g/mol. The van der Waals surface area contributed by atoms with Gasteiger partial charge in [0.25, 0.3) is 10.0 Å². The molecule has 1 aliphatic carbocycles. The first kappa shape index (κ1) is 28.2. The van der Waals surface area contributed by atoms with Crippen LogP contribution < -0.4 is 20.5 Å². The summed E-state index contributed by atoms with van der Waals surface area (Å²) in [5, 5.41) is 8.16. The lowest BCUT2D eigenvalue weighted by molar-refractivity contribution is -0.123. The van der Waals surface area contributed by atoms with Crippen LogP contribution in [0.3, 0.4) is 0 Å². The number of nitrogens with two attached hydrogens (primary N) is 1. The molecule has 4 rings (SSSR count). The number of hydrogen-bond acceptors (Lipinski definition) is 7. The van der Waals surface area contributed by atoms with E-state index in [2.05, 4.69) is 34.2 Å². The van der Waals surface area contributed by atoms with Crippen LogP contribution in [-0.4, -0.2) is 43.8 Å². The van der Waals surface area contributed by atoms with Crippen LogP contribution in [0.2, 0.25) is 4.34 Å². The standard InChI is InChI=1S/C26H32ClN5O4S2/c1-16(2)23(28)25(33)29-14-17-7-6-12-26(3,13-17)15-32-18-8-5-9-19(36-4)22(18)24(30-32)31-38(34,35)21-11-10-20(27)37-21/h5-11,13,16,23H,12,14-15,28H2,1-4H3,(H,29,33)(H,30,31). The molecule has 3 aromatic rings. The van der Waals surface area contributed by atoms with Crippen molar-refractivity contribution in [3.8, 4) is 5.75 Å². The molecule has 204 valence electrons. The van der Waals surface area contributed by atoms with Crippen molar-refractivity contribution in [3.05, 3.63) is 58.5 Å². The molecule has 12 heteroatoms. The minimum absolute atomic E-state index is 0.0460. The third kappa shape index (κ3) is 6.06. The summed E-state index contributed by atoms with van der Waals surface area (Å²) in [4.78, 5) is 12.3. The first-order valence-electron chi connectivity index (χ1n) is 12.2. The van der Waals surface area contributed by atoms with Gasteiger partial charge < -0.3 is 15.8 Å². The van der Waals surface area contributed by atoms with E-state index in [1.807, 2.05) is 32.1 Å². The molecule has 2 unspecified atom stereocenters. The summed E-state index contributed by atoms with van der Waals surface area (Å²) in [6.45, 7) is 6.76. The predicted molar refractivity (Wildman–Crippen MR) is 152 cm³/mol. The van der Waals surface area contributed by atoms with E-state index in [0.717, 1.165) is 28.8 Å². The van der Waals surface area contributed by atoms with Crippen LogP contribution in [0, 0.1) is 11.3 Å². The van der Waals surface area contributed by atoms with Gasteiger partial charge in [-0.15, -0.1) is 11.3 Å². The Kier molecular flexibility index (Phi) is 8.22. The number of hydrogen-bond donors (Lipinski definition) is 3. The highest BCUT2D eigenvalue weighted by Gasteiger charge is 2.28. The van der Waals surface area contributed by atoms with Crippen molar-refractivity contribution in [2.24, 2.45) is 17.1 Å². The summed E-state index contributed by atoms with van der Waals surface area (Å²) >= 11 is 6.94. The number of benzene rings is 1. The lowest BCUT2D eigenvalue weighted by Gasteiger charge is -2.29. The molecule has 0 spiro atoms. The fourth-order valence-electron chi connectivity index (χ4n) is 4.39. The van der Waals surface area contributed by atoms with Gasteiger partial charge in [0.1, 0.15) is 9.96 Å². The number of anilines is 1. The van der Waals surface area contributed by atoms with Gasteiger partial charge in [-0.25, -0.2) is 8.42 Å². The quantitative estimate of drug-likeness (QED) is 0.324. The molecule has 2 aromatic heterocycles. The van der Waals surface area contributed by atoms with E-state index in [4.69, 9.17) is 22.1 Å². The number of allylic oxidation sites excluding steroid dienone is 2. The van der Waals surface area contributed by atoms with Crippen LogP contribution in [0.5, 0.6) is 5.75 Å². The van der Waals surface area contributed by atoms with E-state index in [9.17, 15) is 13.2 Å². The van der Waals surface area contributed by atoms with Crippen molar-refractivity contribution in [1.82, 2.24) is 15.1 Å². The Morgan fingerprint density at radius 3 is 2.74 bits per heavy atom. The number of carbonyl (C=O) groups excluding carboxylic acids is 1. The van der Waals surface area contributed by atoms with E-state index in [1.165, 1.54) is 13.2 Å². The van der Waals surface area contributed by atoms with Crippen LogP contribution in [0.15, 0.2) is 58.3 Å². The van der Waals surface area contributed by atoms with Gasteiger partial charge in [0.2, 0.25) is 5.91 Å². The lowest BCUT2D eigenvalue weighted by Crippen LogP contribution is -2.44. The van der Waals surface area contributed by atoms with E-state index in [0.29, 0.717) is 28.6 Å². The number of ether oxygens (including phenoxy) is 1. The van der Waals surface area contributed by atoms with Crippen LogP contribution in [0.25, 0.3) is 10.9 Å². The van der Waals surface area contributed by atoms with Crippen molar-refractivity contribution in [2.75, 3.05) is 18.4 Å². The second kappa shape index (κ2) is 11.1. The molecule has 38 heavy (non-hydrogen) atoms. The number of sulfonamides is 1. The third-order valence-electron chi connectivity index (χ3n) is 6.45. The molecule has 0 radical (unpaired) electrons. The average molecular weight is 578 g/mol. The molecule has 4 N–H and O–H groups in total. The summed E-state index contributed by atoms with van der Waals surface area (Å²) in [7, 11) is -2.37. The highest BCUT2D eigenvalue weighted by Crippen LogP contribution is 2.38. The molecule has 0 bridgehead atoms. The molecule has 0 aliphatic heterocycles. The van der Waals surface area contributed by atoms with Gasteiger partial charge in [-0.1, -0.05) is 56.7 Å². The third-order valence-corrected chi connectivity index (χ3v) is 9.51. The molecule has 1 aromatic carbocycles. The van der Waals surface area contributed by atoms with E-state index in [-0.39, 0.29) is 27.3 Å². The van der Waals surface area contributed by atoms with Crippen molar-refractivity contribution >= 4 is 55.6 Å².